The van der Waals surface area contributed by atoms with E-state index in [1.165, 1.54) is 16.4 Å². The number of H-pyrrole nitrogens is 1. The lowest BCUT2D eigenvalue weighted by Crippen LogP contribution is -2.71. The average molecular weight is 441 g/mol. The second kappa shape index (κ2) is 7.14. The number of anilines is 2. The number of benzene rings is 2. The molecule has 152 valence electrons. The van der Waals surface area contributed by atoms with Crippen LogP contribution in [0.2, 0.25) is 5.02 Å². The van der Waals surface area contributed by atoms with Gasteiger partial charge in [-0.2, -0.15) is 0 Å². The topological polar surface area (TPSA) is 90.8 Å². The highest BCUT2D eigenvalue weighted by molar-refractivity contribution is 7.99. The maximum atomic E-state index is 13.4. The zero-order valence-electron chi connectivity index (χ0n) is 16.2. The van der Waals surface area contributed by atoms with E-state index in [1.807, 2.05) is 24.3 Å². The Bertz CT molecular complexity index is 1240. The number of carbonyl (C=O) groups is 1. The van der Waals surface area contributed by atoms with Crippen molar-refractivity contribution in [2.45, 2.75) is 30.6 Å². The monoisotopic (exact) mass is 440 g/mol. The molecule has 5 rings (SSSR count). The number of nitrogens with zero attached hydrogens (tertiary/aromatic N) is 2. The fraction of sp³-hybridized carbons (Fsp3) is 0.238. The van der Waals surface area contributed by atoms with Crippen molar-refractivity contribution in [3.8, 4) is 11.3 Å². The van der Waals surface area contributed by atoms with Crippen molar-refractivity contribution in [2.75, 3.05) is 16.4 Å². The number of para-hydroxylation sites is 1. The minimum atomic E-state index is -1.40. The number of unbranched alkanes of at least 4 members (excludes halogenated alkanes) is 1. The molecule has 0 aliphatic carbocycles. The van der Waals surface area contributed by atoms with Gasteiger partial charge in [0.2, 0.25) is 5.16 Å². The van der Waals surface area contributed by atoms with E-state index < -0.39 is 5.66 Å². The molecule has 2 aliphatic heterocycles. The number of hydrogen-bond acceptors (Lipinski definition) is 5. The van der Waals surface area contributed by atoms with Crippen LogP contribution in [0.15, 0.2) is 52.4 Å². The fourth-order valence-corrected chi connectivity index (χ4v) is 5.02. The molecule has 9 heteroatoms. The van der Waals surface area contributed by atoms with Crippen LogP contribution in [0.5, 0.6) is 0 Å². The van der Waals surface area contributed by atoms with Crippen LogP contribution in [0.4, 0.5) is 11.4 Å². The summed E-state index contributed by atoms with van der Waals surface area (Å²) in [6, 6.07) is 12.6. The quantitative estimate of drug-likeness (QED) is 0.329. The molecule has 3 N–H and O–H groups in total. The van der Waals surface area contributed by atoms with Crippen molar-refractivity contribution in [3.63, 3.8) is 0 Å². The predicted octanol–water partition coefficient (Wildman–Crippen LogP) is 3.35. The molecule has 3 aromatic rings. The van der Waals surface area contributed by atoms with Crippen LogP contribution < -0.4 is 20.9 Å². The average Bonchev–Trinajstić information content (AvgIpc) is 3.00. The fourth-order valence-electron chi connectivity index (χ4n) is 3.92. The third-order valence-electron chi connectivity index (χ3n) is 5.34. The Morgan fingerprint density at radius 2 is 2.00 bits per heavy atom. The van der Waals surface area contributed by atoms with Crippen LogP contribution in [-0.2, 0) is 10.5 Å². The van der Waals surface area contributed by atoms with Gasteiger partial charge in [0.25, 0.3) is 0 Å². The summed E-state index contributed by atoms with van der Waals surface area (Å²) in [7, 11) is 0. The molecule has 0 unspecified atom stereocenters. The zero-order chi connectivity index (χ0) is 20.9. The van der Waals surface area contributed by atoms with E-state index in [2.05, 4.69) is 22.5 Å². The molecule has 1 spiro atoms. The van der Waals surface area contributed by atoms with E-state index in [0.29, 0.717) is 38.4 Å². The highest BCUT2D eigenvalue weighted by atomic mass is 35.5. The largest absolute Gasteiger partial charge is 0.374 e. The van der Waals surface area contributed by atoms with Gasteiger partial charge in [-0.3, -0.25) is 14.6 Å². The first-order chi connectivity index (χ1) is 14.5. The van der Waals surface area contributed by atoms with E-state index >= 15 is 0 Å². The van der Waals surface area contributed by atoms with Crippen LogP contribution in [0.1, 0.15) is 25.3 Å². The SMILES string of the molecule is CCCCSc1n[n+]2c(c(=O)[nH]1)-c1ccccc1N[C@@]21C(=O)Nc2ccc(Cl)cc21. The first kappa shape index (κ1) is 19.1. The lowest BCUT2D eigenvalue weighted by atomic mass is 9.95. The van der Waals surface area contributed by atoms with E-state index in [4.69, 9.17) is 16.7 Å². The van der Waals surface area contributed by atoms with E-state index in [0.717, 1.165) is 18.6 Å². The summed E-state index contributed by atoms with van der Waals surface area (Å²) in [5.41, 5.74) is 1.26. The first-order valence-corrected chi connectivity index (χ1v) is 11.1. The Morgan fingerprint density at radius 1 is 1.17 bits per heavy atom. The van der Waals surface area contributed by atoms with Gasteiger partial charge in [0.1, 0.15) is 0 Å². The van der Waals surface area contributed by atoms with Gasteiger partial charge in [-0.25, -0.2) is 0 Å². The number of nitrogens with one attached hydrogen (secondary N) is 3. The summed E-state index contributed by atoms with van der Waals surface area (Å²) in [5.74, 6) is 0.507. The third kappa shape index (κ3) is 2.74. The number of aromatic nitrogens is 3. The van der Waals surface area contributed by atoms with Crippen LogP contribution in [0.25, 0.3) is 11.3 Å². The summed E-state index contributed by atoms with van der Waals surface area (Å²) in [6.07, 6.45) is 2.05. The van der Waals surface area contributed by atoms with Gasteiger partial charge in [-0.05, 0) is 41.4 Å². The van der Waals surface area contributed by atoms with E-state index in [-0.39, 0.29) is 11.5 Å². The summed E-state index contributed by atoms with van der Waals surface area (Å²) in [6.45, 7) is 2.11. The summed E-state index contributed by atoms with van der Waals surface area (Å²) in [5, 5.41) is 11.9. The van der Waals surface area contributed by atoms with Crippen LogP contribution in [0.3, 0.4) is 0 Å². The Hall–Kier alpha value is -2.84. The molecule has 3 heterocycles. The van der Waals surface area contributed by atoms with Crippen LogP contribution in [-0.4, -0.2) is 21.7 Å². The smallest absolute Gasteiger partial charge is 0.317 e. The van der Waals surface area contributed by atoms with Crippen LogP contribution >= 0.6 is 23.4 Å². The van der Waals surface area contributed by atoms with Gasteiger partial charge >= 0.3 is 22.8 Å². The number of fused-ring (bicyclic) bond motifs is 6. The lowest BCUT2D eigenvalue weighted by Gasteiger charge is -2.28. The standard InChI is InChI=1S/C21H18ClN5O2S/c1-2-3-10-30-20-24-18(28)17-13-6-4-5-7-15(13)25-21(27(17)26-20)14-11-12(22)8-9-16(14)23-19(21)29/h4-9,11H,2-3,10H2,1H3,(H2,23,24,26,28,29)/p+1/t21-/m1/s1. The third-order valence-corrected chi connectivity index (χ3v) is 6.52. The van der Waals surface area contributed by atoms with Gasteiger partial charge < -0.3 is 10.6 Å². The highest BCUT2D eigenvalue weighted by Crippen LogP contribution is 2.42. The van der Waals surface area contributed by atoms with Gasteiger partial charge in [-0.1, -0.05) is 48.8 Å². The maximum absolute atomic E-state index is 13.4. The van der Waals surface area contributed by atoms with Crippen molar-refractivity contribution in [2.24, 2.45) is 0 Å². The summed E-state index contributed by atoms with van der Waals surface area (Å²) < 4.78 is 1.51. The zero-order valence-corrected chi connectivity index (χ0v) is 17.7. The molecule has 0 fully saturated rings. The second-order valence-corrected chi connectivity index (χ2v) is 8.77. The van der Waals surface area contributed by atoms with Crippen molar-refractivity contribution in [3.05, 3.63) is 63.4 Å². The Kier molecular flexibility index (Phi) is 4.56. The molecule has 7 nitrogen and oxygen atoms in total. The lowest BCUT2D eigenvalue weighted by molar-refractivity contribution is -0.781. The van der Waals surface area contributed by atoms with Gasteiger partial charge in [0, 0.05) is 15.9 Å². The summed E-state index contributed by atoms with van der Waals surface area (Å²) >= 11 is 7.75. The Morgan fingerprint density at radius 3 is 2.83 bits per heavy atom. The van der Waals surface area contributed by atoms with E-state index in [1.54, 1.807) is 18.2 Å². The minimum absolute atomic E-state index is 0.291. The van der Waals surface area contributed by atoms with Gasteiger partial charge in [0.15, 0.2) is 0 Å². The number of aromatic amines is 1. The summed E-state index contributed by atoms with van der Waals surface area (Å²) in [4.78, 5) is 29.5. The normalized spacial score (nSPS) is 18.4. The molecule has 2 aromatic carbocycles. The molecular formula is C21H19ClN5O2S+. The Labute approximate surface area is 181 Å². The van der Waals surface area contributed by atoms with Gasteiger partial charge in [-0.15, -0.1) is 0 Å². The first-order valence-electron chi connectivity index (χ1n) is 9.73. The molecule has 0 radical (unpaired) electrons. The molecule has 0 saturated carbocycles. The van der Waals surface area contributed by atoms with E-state index in [9.17, 15) is 9.59 Å². The molecular weight excluding hydrogens is 422 g/mol. The number of thioether (sulfide) groups is 1. The van der Waals surface area contributed by atoms with Crippen molar-refractivity contribution >= 4 is 40.6 Å². The van der Waals surface area contributed by atoms with Crippen molar-refractivity contribution in [1.82, 2.24) is 10.1 Å². The Balaban J connectivity index is 1.80. The second-order valence-electron chi connectivity index (χ2n) is 7.25. The molecule has 0 saturated heterocycles. The number of carbonyl (C=O) groups excluding carboxylic acids is 1. The molecule has 0 bridgehead atoms. The molecule has 1 atom stereocenters. The molecule has 1 aromatic heterocycles. The maximum Gasteiger partial charge on any atom is 0.374 e. The minimum Gasteiger partial charge on any atom is -0.317 e. The highest BCUT2D eigenvalue weighted by Gasteiger charge is 2.62. The van der Waals surface area contributed by atoms with Crippen molar-refractivity contribution < 1.29 is 9.48 Å². The predicted molar refractivity (Wildman–Crippen MR) is 117 cm³/mol. The molecule has 1 amide bonds. The van der Waals surface area contributed by atoms with Crippen LogP contribution in [0, 0.1) is 0 Å². The molecule has 2 aliphatic rings. The number of amides is 1. The molecule has 30 heavy (non-hydrogen) atoms. The number of rotatable bonds is 4. The van der Waals surface area contributed by atoms with Crippen molar-refractivity contribution in [1.29, 1.82) is 0 Å². The van der Waals surface area contributed by atoms with Gasteiger partial charge in [0.05, 0.1) is 22.5 Å². The number of hydrogen-bond donors (Lipinski definition) is 3. The number of halogens is 1.